The van der Waals surface area contributed by atoms with Gasteiger partial charge in [-0.2, -0.15) is 5.26 Å². The van der Waals surface area contributed by atoms with Crippen molar-refractivity contribution in [3.05, 3.63) is 35.7 Å². The zero-order chi connectivity index (χ0) is 15.7. The molecule has 1 N–H and O–H groups in total. The Balaban J connectivity index is 3.14. The van der Waals surface area contributed by atoms with E-state index in [-0.39, 0.29) is 12.1 Å². The minimum atomic E-state index is -1.11. The number of carboxylic acids is 1. The van der Waals surface area contributed by atoms with Crippen LogP contribution in [0.3, 0.4) is 0 Å². The Hall–Kier alpha value is -2.39. The second-order valence-corrected chi connectivity index (χ2v) is 4.24. The fourth-order valence-corrected chi connectivity index (χ4v) is 1.88. The van der Waals surface area contributed by atoms with Crippen LogP contribution in [0.5, 0.6) is 0 Å². The van der Waals surface area contributed by atoms with E-state index in [1.54, 1.807) is 11.0 Å². The molecule has 112 valence electrons. The third-order valence-electron chi connectivity index (χ3n) is 2.80. The van der Waals surface area contributed by atoms with Crippen molar-refractivity contribution in [2.75, 3.05) is 31.7 Å². The summed E-state index contributed by atoms with van der Waals surface area (Å²) in [5, 5.41) is 17.4. The monoisotopic (exact) mass is 292 g/mol. The fourth-order valence-electron chi connectivity index (χ4n) is 1.88. The summed E-state index contributed by atoms with van der Waals surface area (Å²) >= 11 is 0. The number of aliphatic carboxylic acids is 1. The van der Waals surface area contributed by atoms with Crippen molar-refractivity contribution in [3.8, 4) is 6.07 Å². The SMILES string of the molecule is COCCN(CCC#N)c1c(F)cccc1/C=C/C(=O)O. The van der Waals surface area contributed by atoms with Gasteiger partial charge in [0.05, 0.1) is 24.8 Å². The van der Waals surface area contributed by atoms with Gasteiger partial charge in [0.25, 0.3) is 0 Å². The maximum atomic E-state index is 14.1. The van der Waals surface area contributed by atoms with Crippen LogP contribution in [0.2, 0.25) is 0 Å². The largest absolute Gasteiger partial charge is 0.478 e. The first kappa shape index (κ1) is 16.7. The van der Waals surface area contributed by atoms with Crippen molar-refractivity contribution in [1.82, 2.24) is 0 Å². The number of halogens is 1. The molecule has 1 aromatic rings. The van der Waals surface area contributed by atoms with E-state index in [1.807, 2.05) is 6.07 Å². The first-order valence-corrected chi connectivity index (χ1v) is 6.40. The van der Waals surface area contributed by atoms with Gasteiger partial charge in [0.1, 0.15) is 5.82 Å². The number of rotatable bonds is 8. The molecule has 0 atom stereocenters. The standard InChI is InChI=1S/C15H17FN2O3/c1-21-11-10-18(9-3-8-17)15-12(6-7-14(19)20)4-2-5-13(15)16/h2,4-7H,3,9-11H2,1H3,(H,19,20)/b7-6+. The average Bonchev–Trinajstić information content (AvgIpc) is 2.46. The van der Waals surface area contributed by atoms with Gasteiger partial charge in [0, 0.05) is 31.8 Å². The molecule has 21 heavy (non-hydrogen) atoms. The number of hydrogen-bond donors (Lipinski definition) is 1. The molecule has 6 heteroatoms. The summed E-state index contributed by atoms with van der Waals surface area (Å²) in [7, 11) is 1.54. The maximum Gasteiger partial charge on any atom is 0.328 e. The Morgan fingerprint density at radius 1 is 1.52 bits per heavy atom. The summed E-state index contributed by atoms with van der Waals surface area (Å²) in [5.41, 5.74) is 0.730. The molecule has 1 rings (SSSR count). The smallest absolute Gasteiger partial charge is 0.328 e. The maximum absolute atomic E-state index is 14.1. The fraction of sp³-hybridized carbons (Fsp3) is 0.333. The number of nitriles is 1. The zero-order valence-corrected chi connectivity index (χ0v) is 11.8. The third kappa shape index (κ3) is 5.24. The summed E-state index contributed by atoms with van der Waals surface area (Å²) in [6.45, 7) is 1.13. The minimum absolute atomic E-state index is 0.236. The van der Waals surface area contributed by atoms with Crippen LogP contribution in [0.1, 0.15) is 12.0 Å². The molecule has 0 fully saturated rings. The Bertz CT molecular complexity index is 552. The number of ether oxygens (including phenoxy) is 1. The number of carboxylic acid groups (broad SMARTS) is 1. The highest BCUT2D eigenvalue weighted by Gasteiger charge is 2.14. The van der Waals surface area contributed by atoms with Gasteiger partial charge in [0.15, 0.2) is 0 Å². The van der Waals surface area contributed by atoms with Crippen molar-refractivity contribution < 1.29 is 19.0 Å². The van der Waals surface area contributed by atoms with Crippen LogP contribution in [-0.4, -0.2) is 37.9 Å². The van der Waals surface area contributed by atoms with Crippen molar-refractivity contribution in [1.29, 1.82) is 5.26 Å². The summed E-state index contributed by atoms with van der Waals surface area (Å²) in [5.74, 6) is -1.57. The van der Waals surface area contributed by atoms with Gasteiger partial charge in [-0.05, 0) is 12.1 Å². The number of benzene rings is 1. The number of carbonyl (C=O) groups is 1. The molecule has 0 aromatic heterocycles. The molecule has 5 nitrogen and oxygen atoms in total. The van der Waals surface area contributed by atoms with Crippen LogP contribution in [0, 0.1) is 17.1 Å². The van der Waals surface area contributed by atoms with Crippen LogP contribution in [0.25, 0.3) is 6.08 Å². The van der Waals surface area contributed by atoms with Crippen molar-refractivity contribution in [2.45, 2.75) is 6.42 Å². The van der Waals surface area contributed by atoms with Crippen molar-refractivity contribution in [2.24, 2.45) is 0 Å². The minimum Gasteiger partial charge on any atom is -0.478 e. The highest BCUT2D eigenvalue weighted by Crippen LogP contribution is 2.26. The Kier molecular flexibility index (Phi) is 6.92. The highest BCUT2D eigenvalue weighted by atomic mass is 19.1. The van der Waals surface area contributed by atoms with Crippen LogP contribution < -0.4 is 4.90 Å². The summed E-state index contributed by atoms with van der Waals surface area (Å²) < 4.78 is 19.1. The second-order valence-electron chi connectivity index (χ2n) is 4.24. The molecule has 1 aromatic carbocycles. The number of para-hydroxylation sites is 1. The average molecular weight is 292 g/mol. The molecule has 0 unspecified atom stereocenters. The first-order valence-electron chi connectivity index (χ1n) is 6.40. The molecule has 0 amide bonds. The molecule has 0 aliphatic carbocycles. The quantitative estimate of drug-likeness (QED) is 0.744. The molecule has 0 radical (unpaired) electrons. The van der Waals surface area contributed by atoms with Gasteiger partial charge in [-0.15, -0.1) is 0 Å². The third-order valence-corrected chi connectivity index (χ3v) is 2.80. The molecule has 0 saturated heterocycles. The van der Waals surface area contributed by atoms with E-state index in [4.69, 9.17) is 15.1 Å². The normalized spacial score (nSPS) is 10.5. The molecule has 0 spiro atoms. The summed E-state index contributed by atoms with van der Waals surface area (Å²) in [6, 6.07) is 6.46. The van der Waals surface area contributed by atoms with E-state index in [2.05, 4.69) is 0 Å². The molecule has 0 aliphatic rings. The molecule has 0 saturated carbocycles. The Labute approximate surface area is 122 Å². The summed E-state index contributed by atoms with van der Waals surface area (Å²) in [4.78, 5) is 12.3. The van der Waals surface area contributed by atoms with Crippen LogP contribution in [0.15, 0.2) is 24.3 Å². The van der Waals surface area contributed by atoms with Gasteiger partial charge in [-0.25, -0.2) is 9.18 Å². The van der Waals surface area contributed by atoms with Gasteiger partial charge in [0.2, 0.25) is 0 Å². The molecular formula is C15H17FN2O3. The van der Waals surface area contributed by atoms with Gasteiger partial charge in [-0.1, -0.05) is 12.1 Å². The van der Waals surface area contributed by atoms with Crippen LogP contribution >= 0.6 is 0 Å². The van der Waals surface area contributed by atoms with E-state index in [0.29, 0.717) is 25.3 Å². The number of hydrogen-bond acceptors (Lipinski definition) is 4. The molecular weight excluding hydrogens is 275 g/mol. The summed E-state index contributed by atoms with van der Waals surface area (Å²) in [6.07, 6.45) is 2.53. The first-order chi connectivity index (χ1) is 10.1. The lowest BCUT2D eigenvalue weighted by molar-refractivity contribution is -0.131. The topological polar surface area (TPSA) is 73.6 Å². The van der Waals surface area contributed by atoms with Gasteiger partial charge >= 0.3 is 5.97 Å². The van der Waals surface area contributed by atoms with E-state index < -0.39 is 11.8 Å². The number of methoxy groups -OCH3 is 1. The zero-order valence-electron chi connectivity index (χ0n) is 11.8. The van der Waals surface area contributed by atoms with E-state index >= 15 is 0 Å². The van der Waals surface area contributed by atoms with E-state index in [9.17, 15) is 9.18 Å². The van der Waals surface area contributed by atoms with Crippen molar-refractivity contribution in [3.63, 3.8) is 0 Å². The number of anilines is 1. The number of nitrogens with zero attached hydrogens (tertiary/aromatic N) is 2. The lowest BCUT2D eigenvalue weighted by Gasteiger charge is -2.25. The lowest BCUT2D eigenvalue weighted by Crippen LogP contribution is -2.29. The Morgan fingerprint density at radius 3 is 2.90 bits per heavy atom. The van der Waals surface area contributed by atoms with Crippen LogP contribution in [0.4, 0.5) is 10.1 Å². The predicted octanol–water partition coefficient (Wildman–Crippen LogP) is 2.29. The molecule has 0 bridgehead atoms. The van der Waals surface area contributed by atoms with E-state index in [0.717, 1.165) is 6.08 Å². The second kappa shape index (κ2) is 8.72. The van der Waals surface area contributed by atoms with Gasteiger partial charge < -0.3 is 14.7 Å². The molecule has 0 heterocycles. The van der Waals surface area contributed by atoms with E-state index in [1.165, 1.54) is 25.3 Å². The predicted molar refractivity (Wildman–Crippen MR) is 77.4 cm³/mol. The van der Waals surface area contributed by atoms with Crippen molar-refractivity contribution >= 4 is 17.7 Å². The highest BCUT2D eigenvalue weighted by molar-refractivity contribution is 5.87. The molecule has 0 aliphatic heterocycles. The Morgan fingerprint density at radius 2 is 2.29 bits per heavy atom. The van der Waals surface area contributed by atoms with Gasteiger partial charge in [-0.3, -0.25) is 0 Å². The van der Waals surface area contributed by atoms with Crippen LogP contribution in [-0.2, 0) is 9.53 Å². The lowest BCUT2D eigenvalue weighted by atomic mass is 10.1.